The number of nitrogens with one attached hydrogen (secondary N) is 3. The van der Waals surface area contributed by atoms with Crippen LogP contribution in [0.25, 0.3) is 0 Å². The van der Waals surface area contributed by atoms with E-state index >= 15 is 0 Å². The van der Waals surface area contributed by atoms with Crippen molar-refractivity contribution in [2.45, 2.75) is 44.4 Å². The fourth-order valence-electron chi connectivity index (χ4n) is 2.69. The van der Waals surface area contributed by atoms with Crippen molar-refractivity contribution in [1.29, 1.82) is 0 Å². The number of ether oxygens (including phenoxy) is 1. The van der Waals surface area contributed by atoms with Gasteiger partial charge in [-0.3, -0.25) is 5.32 Å². The van der Waals surface area contributed by atoms with Crippen molar-refractivity contribution in [2.24, 2.45) is 0 Å². The Kier molecular flexibility index (Phi) is 4.54. The largest absolute Gasteiger partial charge is 0.463 e. The summed E-state index contributed by atoms with van der Waals surface area (Å²) >= 11 is 1.62. The third kappa shape index (κ3) is 3.31. The molecule has 20 heavy (non-hydrogen) atoms. The molecule has 2 unspecified atom stereocenters. The van der Waals surface area contributed by atoms with E-state index in [-0.39, 0.29) is 5.97 Å². The highest BCUT2D eigenvalue weighted by atomic mass is 32.1. The summed E-state index contributed by atoms with van der Waals surface area (Å²) in [4.78, 5) is 12.0. The molecule has 0 saturated carbocycles. The molecule has 0 aliphatic carbocycles. The average Bonchev–Trinajstić information content (AvgIpc) is 2.95. The van der Waals surface area contributed by atoms with Gasteiger partial charge >= 0.3 is 5.97 Å². The molecule has 0 radical (unpaired) electrons. The van der Waals surface area contributed by atoms with Crippen LogP contribution in [0.15, 0.2) is 11.4 Å². The number of rotatable bonds is 4. The first kappa shape index (κ1) is 13.9. The lowest BCUT2D eigenvalue weighted by Gasteiger charge is -2.26. The number of fused-ring (bicyclic) bond motifs is 1. The van der Waals surface area contributed by atoms with E-state index in [0.29, 0.717) is 12.6 Å². The molecule has 0 aromatic carbocycles. The van der Waals surface area contributed by atoms with Gasteiger partial charge in [0.05, 0.1) is 11.6 Å². The van der Waals surface area contributed by atoms with Gasteiger partial charge in [-0.05, 0) is 37.3 Å². The molecule has 5 nitrogen and oxygen atoms in total. The van der Waals surface area contributed by atoms with Crippen LogP contribution in [0.1, 0.15) is 31.2 Å². The van der Waals surface area contributed by atoms with E-state index in [0.717, 1.165) is 24.5 Å². The second-order valence-corrected chi connectivity index (χ2v) is 6.25. The molecular weight excluding hydrogens is 274 g/mol. The molecule has 2 aliphatic heterocycles. The van der Waals surface area contributed by atoms with Gasteiger partial charge in [0.1, 0.15) is 0 Å². The van der Waals surface area contributed by atoms with Gasteiger partial charge in [0.15, 0.2) is 6.17 Å². The van der Waals surface area contributed by atoms with E-state index in [1.807, 2.05) is 5.38 Å². The van der Waals surface area contributed by atoms with Gasteiger partial charge in [-0.25, -0.2) is 4.79 Å². The zero-order valence-electron chi connectivity index (χ0n) is 11.5. The highest BCUT2D eigenvalue weighted by Crippen LogP contribution is 2.26. The fraction of sp³-hybridized carbons (Fsp3) is 0.643. The van der Waals surface area contributed by atoms with Gasteiger partial charge < -0.3 is 15.4 Å². The number of hydrogen-bond acceptors (Lipinski definition) is 6. The minimum atomic E-state index is -0.416. The summed E-state index contributed by atoms with van der Waals surface area (Å²) in [5.41, 5.74) is 1.21. The molecule has 110 valence electrons. The third-order valence-corrected chi connectivity index (χ3v) is 4.77. The quantitative estimate of drug-likeness (QED) is 0.738. The second-order valence-electron chi connectivity index (χ2n) is 5.34. The number of carbonyl (C=O) groups excluding carboxylic acids is 1. The summed E-state index contributed by atoms with van der Waals surface area (Å²) in [7, 11) is 0. The summed E-state index contributed by atoms with van der Waals surface area (Å²) in [6, 6.07) is 2.57. The minimum absolute atomic E-state index is 0.208. The van der Waals surface area contributed by atoms with Crippen molar-refractivity contribution in [3.05, 3.63) is 17.0 Å². The van der Waals surface area contributed by atoms with Gasteiger partial charge in [0, 0.05) is 18.2 Å². The Morgan fingerprint density at radius 1 is 1.40 bits per heavy atom. The first-order valence-electron chi connectivity index (χ1n) is 7.29. The normalized spacial score (nSPS) is 25.6. The third-order valence-electron chi connectivity index (χ3n) is 3.88. The van der Waals surface area contributed by atoms with E-state index in [9.17, 15) is 4.79 Å². The topological polar surface area (TPSA) is 62.4 Å². The van der Waals surface area contributed by atoms with Crippen molar-refractivity contribution < 1.29 is 9.53 Å². The van der Waals surface area contributed by atoms with E-state index in [2.05, 4.69) is 22.0 Å². The smallest absolute Gasteiger partial charge is 0.343 e. The van der Waals surface area contributed by atoms with Crippen molar-refractivity contribution in [2.75, 3.05) is 18.5 Å². The van der Waals surface area contributed by atoms with Gasteiger partial charge in [0.25, 0.3) is 0 Å². The second kappa shape index (κ2) is 6.56. The van der Waals surface area contributed by atoms with Crippen LogP contribution >= 0.6 is 11.3 Å². The molecule has 3 N–H and O–H groups in total. The van der Waals surface area contributed by atoms with Crippen LogP contribution in [0, 0.1) is 0 Å². The van der Waals surface area contributed by atoms with Crippen LogP contribution in [-0.4, -0.2) is 31.3 Å². The molecule has 1 fully saturated rings. The Hall–Kier alpha value is -1.11. The Morgan fingerprint density at radius 2 is 2.35 bits per heavy atom. The highest BCUT2D eigenvalue weighted by Gasteiger charge is 2.25. The number of anilines is 1. The van der Waals surface area contributed by atoms with Crippen molar-refractivity contribution >= 4 is 22.3 Å². The minimum Gasteiger partial charge on any atom is -0.463 e. The van der Waals surface area contributed by atoms with E-state index in [1.165, 1.54) is 24.8 Å². The Labute approximate surface area is 123 Å². The maximum Gasteiger partial charge on any atom is 0.343 e. The van der Waals surface area contributed by atoms with E-state index in [1.54, 1.807) is 11.3 Å². The molecule has 3 rings (SSSR count). The van der Waals surface area contributed by atoms with Crippen LogP contribution < -0.4 is 16.0 Å². The Morgan fingerprint density at radius 3 is 3.20 bits per heavy atom. The maximum atomic E-state index is 12.0. The monoisotopic (exact) mass is 295 g/mol. The SMILES string of the molecule is O=C(OCCC1CCCCN1)C1NCc2ccsc2N1. The number of piperidine rings is 1. The first-order valence-corrected chi connectivity index (χ1v) is 8.17. The summed E-state index contributed by atoms with van der Waals surface area (Å²) in [6.45, 7) is 2.30. The average molecular weight is 295 g/mol. The standard InChI is InChI=1S/C14H21N3O2S/c18-14(19-7-4-11-3-1-2-6-15-11)12-16-9-10-5-8-20-13(10)17-12/h5,8,11-12,15-17H,1-4,6-7,9H2. The van der Waals surface area contributed by atoms with Crippen LogP contribution in [0.2, 0.25) is 0 Å². The lowest BCUT2D eigenvalue weighted by Crippen LogP contribution is -2.46. The van der Waals surface area contributed by atoms with Crippen LogP contribution in [0.5, 0.6) is 0 Å². The van der Waals surface area contributed by atoms with Crippen LogP contribution in [0.3, 0.4) is 0 Å². The van der Waals surface area contributed by atoms with Crippen molar-refractivity contribution in [3.8, 4) is 0 Å². The number of hydrogen-bond donors (Lipinski definition) is 3. The lowest BCUT2D eigenvalue weighted by atomic mass is 10.0. The van der Waals surface area contributed by atoms with Gasteiger partial charge in [-0.15, -0.1) is 11.3 Å². The summed E-state index contributed by atoms with van der Waals surface area (Å²) < 4.78 is 5.38. The molecule has 3 heterocycles. The van der Waals surface area contributed by atoms with Crippen molar-refractivity contribution in [1.82, 2.24) is 10.6 Å². The molecule has 2 atom stereocenters. The van der Waals surface area contributed by atoms with E-state index in [4.69, 9.17) is 4.74 Å². The zero-order valence-corrected chi connectivity index (χ0v) is 12.3. The number of carbonyl (C=O) groups is 1. The van der Waals surface area contributed by atoms with Crippen LogP contribution in [-0.2, 0) is 16.1 Å². The zero-order chi connectivity index (χ0) is 13.8. The van der Waals surface area contributed by atoms with E-state index < -0.39 is 6.17 Å². The van der Waals surface area contributed by atoms with Crippen LogP contribution in [0.4, 0.5) is 5.00 Å². The maximum absolute atomic E-state index is 12.0. The van der Waals surface area contributed by atoms with Crippen molar-refractivity contribution in [3.63, 3.8) is 0 Å². The summed E-state index contributed by atoms with van der Waals surface area (Å²) in [5, 5.41) is 12.9. The molecule has 1 saturated heterocycles. The van der Waals surface area contributed by atoms with Gasteiger partial charge in [-0.2, -0.15) is 0 Å². The molecule has 1 aromatic heterocycles. The molecule has 0 amide bonds. The Balaban J connectivity index is 1.41. The van der Waals surface area contributed by atoms with Gasteiger partial charge in [0.2, 0.25) is 0 Å². The number of esters is 1. The predicted octanol–water partition coefficient (Wildman–Crippen LogP) is 1.66. The molecule has 0 bridgehead atoms. The fourth-order valence-corrected chi connectivity index (χ4v) is 3.54. The summed E-state index contributed by atoms with van der Waals surface area (Å²) in [6.07, 6.45) is 4.22. The summed E-state index contributed by atoms with van der Waals surface area (Å²) in [5.74, 6) is -0.208. The molecule has 1 aromatic rings. The highest BCUT2D eigenvalue weighted by molar-refractivity contribution is 7.14. The molecule has 0 spiro atoms. The lowest BCUT2D eigenvalue weighted by molar-refractivity contribution is -0.145. The molecule has 2 aliphatic rings. The first-order chi connectivity index (χ1) is 9.83. The Bertz CT molecular complexity index is 457. The molecular formula is C14H21N3O2S. The predicted molar refractivity (Wildman–Crippen MR) is 79.8 cm³/mol. The molecule has 6 heteroatoms. The van der Waals surface area contributed by atoms with Gasteiger partial charge in [-0.1, -0.05) is 6.42 Å². The number of thiophene rings is 1.